The number of alkyl halides is 5. The summed E-state index contributed by atoms with van der Waals surface area (Å²) in [6.07, 6.45) is -6.15. The highest BCUT2D eigenvalue weighted by Crippen LogP contribution is 2.48. The predicted octanol–water partition coefficient (Wildman–Crippen LogP) is 2.99. The van der Waals surface area contributed by atoms with Gasteiger partial charge in [0.05, 0.1) is 11.5 Å². The molecule has 2 heterocycles. The van der Waals surface area contributed by atoms with Crippen molar-refractivity contribution in [1.29, 1.82) is 5.26 Å². The van der Waals surface area contributed by atoms with E-state index in [1.807, 2.05) is 0 Å². The van der Waals surface area contributed by atoms with Crippen molar-refractivity contribution in [2.75, 3.05) is 25.5 Å². The molecule has 0 aliphatic carbocycles. The Morgan fingerprint density at radius 1 is 1.17 bits per heavy atom. The lowest BCUT2D eigenvalue weighted by Crippen LogP contribution is -2.58. The highest BCUT2D eigenvalue weighted by Gasteiger charge is 2.64. The van der Waals surface area contributed by atoms with Crippen LogP contribution >= 0.6 is 0 Å². The summed E-state index contributed by atoms with van der Waals surface area (Å²) in [4.78, 5) is 55.8. The summed E-state index contributed by atoms with van der Waals surface area (Å²) >= 11 is 0. The first-order valence-corrected chi connectivity index (χ1v) is 12.8. The molecule has 0 saturated carbocycles. The number of likely N-dealkylation sites (tertiary alicyclic amines) is 1. The van der Waals surface area contributed by atoms with Crippen LogP contribution in [0.5, 0.6) is 0 Å². The average Bonchev–Trinajstić information content (AvgIpc) is 3.37. The zero-order valence-electron chi connectivity index (χ0n) is 23.5. The van der Waals surface area contributed by atoms with Crippen molar-refractivity contribution in [2.24, 2.45) is 5.41 Å². The van der Waals surface area contributed by atoms with Crippen LogP contribution in [0.25, 0.3) is 0 Å². The maximum absolute atomic E-state index is 14.0. The zero-order chi connectivity index (χ0) is 31.3. The van der Waals surface area contributed by atoms with Gasteiger partial charge in [-0.05, 0) is 30.4 Å². The van der Waals surface area contributed by atoms with Gasteiger partial charge in [0.15, 0.2) is 0 Å². The summed E-state index contributed by atoms with van der Waals surface area (Å²) in [5, 5.41) is 11.3. The highest BCUT2D eigenvalue weighted by molar-refractivity contribution is 6.09. The second-order valence-electron chi connectivity index (χ2n) is 11.8. The van der Waals surface area contributed by atoms with Crippen LogP contribution in [0, 0.1) is 16.7 Å². The third kappa shape index (κ3) is 5.58. The zero-order valence-corrected chi connectivity index (χ0v) is 23.5. The fourth-order valence-electron chi connectivity index (χ4n) is 5.42. The van der Waals surface area contributed by atoms with Gasteiger partial charge in [0.1, 0.15) is 18.1 Å². The second kappa shape index (κ2) is 10.6. The SMILES string of the molecule is C[C@H](NC(=O)C(F)(F)C(F)(F)F)C(=O)N(C)[C@@H](CC(C)(C)C)C(=O)N1C[C@]2(C[C@H]1C#N)C(=O)N(C)c1ccccc12. The standard InChI is InChI=1S/C27H32F5N5O4/c1-15(34-22(40)26(28,29)27(30,31)32)20(38)35(5)19(12-24(2,3)4)21(39)37-14-25(11-16(37)13-33)17-9-7-8-10-18(17)36(6)23(25)41/h7-10,15-16,19H,11-12,14H2,1-6H3,(H,34,40)/t15-,16-,19-,25-/m0/s1. The number of nitriles is 1. The number of hydrogen-bond donors (Lipinski definition) is 1. The van der Waals surface area contributed by atoms with Crippen LogP contribution < -0.4 is 10.2 Å². The Balaban J connectivity index is 1.92. The summed E-state index contributed by atoms with van der Waals surface area (Å²) in [6.45, 7) is 6.06. The number of rotatable bonds is 6. The fraction of sp³-hybridized carbons (Fsp3) is 0.593. The molecule has 1 saturated heterocycles. The smallest absolute Gasteiger partial charge is 0.339 e. The van der Waals surface area contributed by atoms with Crippen LogP contribution in [-0.2, 0) is 24.6 Å². The summed E-state index contributed by atoms with van der Waals surface area (Å²) in [7, 11) is 2.76. The summed E-state index contributed by atoms with van der Waals surface area (Å²) in [6, 6.07) is 4.89. The van der Waals surface area contributed by atoms with Crippen molar-refractivity contribution in [3.8, 4) is 6.07 Å². The van der Waals surface area contributed by atoms with Gasteiger partial charge in [-0.3, -0.25) is 19.2 Å². The van der Waals surface area contributed by atoms with E-state index in [2.05, 4.69) is 6.07 Å². The highest BCUT2D eigenvalue weighted by atomic mass is 19.4. The van der Waals surface area contributed by atoms with Crippen molar-refractivity contribution in [1.82, 2.24) is 15.1 Å². The first-order valence-electron chi connectivity index (χ1n) is 12.8. The number of nitrogens with one attached hydrogen (secondary N) is 1. The number of carbonyl (C=O) groups is 4. The normalized spacial score (nSPS) is 22.3. The lowest BCUT2D eigenvalue weighted by Gasteiger charge is -2.37. The largest absolute Gasteiger partial charge is 0.463 e. The molecule has 9 nitrogen and oxygen atoms in total. The minimum atomic E-state index is -6.17. The number of anilines is 1. The molecule has 0 bridgehead atoms. The lowest BCUT2D eigenvalue weighted by molar-refractivity contribution is -0.270. The Labute approximate surface area is 234 Å². The number of nitrogens with zero attached hydrogens (tertiary/aromatic N) is 4. The van der Waals surface area contributed by atoms with E-state index in [0.717, 1.165) is 18.9 Å². The lowest BCUT2D eigenvalue weighted by atomic mass is 9.79. The number of benzene rings is 1. The molecule has 224 valence electrons. The Kier molecular flexibility index (Phi) is 8.19. The average molecular weight is 586 g/mol. The Morgan fingerprint density at radius 3 is 2.29 bits per heavy atom. The number of halogens is 5. The van der Waals surface area contributed by atoms with E-state index < -0.39 is 58.8 Å². The van der Waals surface area contributed by atoms with Gasteiger partial charge < -0.3 is 20.0 Å². The van der Waals surface area contributed by atoms with E-state index in [1.54, 1.807) is 52.1 Å². The van der Waals surface area contributed by atoms with Crippen molar-refractivity contribution in [2.45, 2.75) is 76.2 Å². The molecule has 0 aromatic heterocycles. The number of carbonyl (C=O) groups excluding carboxylic acids is 4. The monoisotopic (exact) mass is 585 g/mol. The van der Waals surface area contributed by atoms with Gasteiger partial charge in [0.25, 0.3) is 0 Å². The van der Waals surface area contributed by atoms with E-state index in [4.69, 9.17) is 0 Å². The third-order valence-corrected chi connectivity index (χ3v) is 7.55. The van der Waals surface area contributed by atoms with Gasteiger partial charge in [0, 0.05) is 32.7 Å². The second-order valence-corrected chi connectivity index (χ2v) is 11.8. The van der Waals surface area contributed by atoms with E-state index in [9.17, 15) is 46.4 Å². The summed E-state index contributed by atoms with van der Waals surface area (Å²) < 4.78 is 64.8. The first kappa shape index (κ1) is 31.8. The molecule has 0 unspecified atom stereocenters. The molecule has 0 radical (unpaired) electrons. The fourth-order valence-corrected chi connectivity index (χ4v) is 5.42. The molecular weight excluding hydrogens is 553 g/mol. The van der Waals surface area contributed by atoms with E-state index in [-0.39, 0.29) is 25.3 Å². The van der Waals surface area contributed by atoms with Crippen LogP contribution in [0.2, 0.25) is 0 Å². The minimum Gasteiger partial charge on any atom is -0.339 e. The van der Waals surface area contributed by atoms with E-state index >= 15 is 0 Å². The minimum absolute atomic E-state index is 0.00824. The molecule has 1 spiro atoms. The molecule has 1 aromatic carbocycles. The maximum atomic E-state index is 14.0. The maximum Gasteiger partial charge on any atom is 0.463 e. The molecule has 1 aromatic rings. The Bertz CT molecular complexity index is 1290. The molecule has 1 N–H and O–H groups in total. The van der Waals surface area contributed by atoms with Crippen LogP contribution in [0.4, 0.5) is 27.6 Å². The molecule has 4 atom stereocenters. The van der Waals surface area contributed by atoms with Crippen molar-refractivity contribution in [3.05, 3.63) is 29.8 Å². The molecular formula is C27H32F5N5O4. The number of hydrogen-bond acceptors (Lipinski definition) is 5. The first-order chi connectivity index (χ1) is 18.7. The van der Waals surface area contributed by atoms with Crippen LogP contribution in [0.15, 0.2) is 24.3 Å². The summed E-state index contributed by atoms with van der Waals surface area (Å²) in [5.41, 5.74) is -0.495. The molecule has 41 heavy (non-hydrogen) atoms. The topological polar surface area (TPSA) is 114 Å². The summed E-state index contributed by atoms with van der Waals surface area (Å²) in [5.74, 6) is -10.5. The quantitative estimate of drug-likeness (QED) is 0.516. The van der Waals surface area contributed by atoms with Crippen molar-refractivity contribution < 1.29 is 41.1 Å². The number of amides is 4. The Hall–Kier alpha value is -3.76. The van der Waals surface area contributed by atoms with Crippen LogP contribution in [0.1, 0.15) is 46.1 Å². The number of para-hydroxylation sites is 1. The molecule has 4 amide bonds. The molecule has 1 fully saturated rings. The van der Waals surface area contributed by atoms with Crippen molar-refractivity contribution >= 4 is 29.3 Å². The third-order valence-electron chi connectivity index (χ3n) is 7.55. The molecule has 14 heteroatoms. The molecule has 2 aliphatic heterocycles. The van der Waals surface area contributed by atoms with Crippen LogP contribution in [0.3, 0.4) is 0 Å². The number of likely N-dealkylation sites (N-methyl/N-ethyl adjacent to an activating group) is 2. The van der Waals surface area contributed by atoms with Gasteiger partial charge in [-0.2, -0.15) is 27.2 Å². The van der Waals surface area contributed by atoms with Gasteiger partial charge in [-0.15, -0.1) is 0 Å². The van der Waals surface area contributed by atoms with Gasteiger partial charge >= 0.3 is 18.0 Å². The van der Waals surface area contributed by atoms with Gasteiger partial charge in [0.2, 0.25) is 17.7 Å². The Morgan fingerprint density at radius 2 is 1.76 bits per heavy atom. The molecule has 3 rings (SSSR count). The van der Waals surface area contributed by atoms with E-state index in [1.165, 1.54) is 15.1 Å². The van der Waals surface area contributed by atoms with E-state index in [0.29, 0.717) is 11.3 Å². The van der Waals surface area contributed by atoms with Gasteiger partial charge in [-0.25, -0.2) is 0 Å². The molecule has 2 aliphatic rings. The van der Waals surface area contributed by atoms with Crippen LogP contribution in [-0.4, -0.2) is 84.3 Å². The van der Waals surface area contributed by atoms with Gasteiger partial charge in [-0.1, -0.05) is 39.0 Å². The predicted molar refractivity (Wildman–Crippen MR) is 136 cm³/mol. The number of fused-ring (bicyclic) bond motifs is 2. The van der Waals surface area contributed by atoms with Crippen molar-refractivity contribution in [3.63, 3.8) is 0 Å².